The minimum absolute atomic E-state index is 0.135. The van der Waals surface area contributed by atoms with E-state index in [1.165, 1.54) is 19.8 Å². The molecule has 0 spiro atoms. The number of rotatable bonds is 5. The molecule has 1 saturated heterocycles. The highest BCUT2D eigenvalue weighted by Gasteiger charge is 2.27. The summed E-state index contributed by atoms with van der Waals surface area (Å²) in [5, 5.41) is 13.6. The van der Waals surface area contributed by atoms with Crippen LogP contribution in [0.1, 0.15) is 31.4 Å². The number of fused-ring (bicyclic) bond motifs is 1. The van der Waals surface area contributed by atoms with Crippen LogP contribution in [-0.4, -0.2) is 48.4 Å². The topological polar surface area (TPSA) is 71.0 Å². The molecule has 120 valence electrons. The van der Waals surface area contributed by atoms with Gasteiger partial charge in [-0.3, -0.25) is 4.79 Å². The molecule has 2 aliphatic heterocycles. The third-order valence-electron chi connectivity index (χ3n) is 4.16. The second kappa shape index (κ2) is 6.54. The van der Waals surface area contributed by atoms with Gasteiger partial charge in [-0.25, -0.2) is 0 Å². The Kier molecular flexibility index (Phi) is 4.49. The van der Waals surface area contributed by atoms with E-state index in [1.54, 1.807) is 12.1 Å². The molecule has 1 amide bonds. The number of nitrogens with zero attached hydrogens (tertiary/aromatic N) is 1. The number of benzene rings is 1. The molecule has 1 aromatic rings. The van der Waals surface area contributed by atoms with Gasteiger partial charge in [0, 0.05) is 13.5 Å². The summed E-state index contributed by atoms with van der Waals surface area (Å²) >= 11 is 0. The van der Waals surface area contributed by atoms with E-state index in [4.69, 9.17) is 9.47 Å². The summed E-state index contributed by atoms with van der Waals surface area (Å²) in [4.78, 5) is 13.7. The van der Waals surface area contributed by atoms with Gasteiger partial charge in [-0.05, 0) is 43.6 Å². The van der Waals surface area contributed by atoms with Crippen LogP contribution >= 0.6 is 0 Å². The maximum Gasteiger partial charge on any atom is 0.231 e. The fraction of sp³-hybridized carbons (Fsp3) is 0.562. The second-order valence-electron chi connectivity index (χ2n) is 5.87. The van der Waals surface area contributed by atoms with Crippen LogP contribution in [-0.2, 0) is 4.79 Å². The number of carbonyl (C=O) groups excluding carboxylic acids is 1. The predicted molar refractivity (Wildman–Crippen MR) is 80.8 cm³/mol. The first-order valence-corrected chi connectivity index (χ1v) is 7.70. The lowest BCUT2D eigenvalue weighted by atomic mass is 10.0. The molecular weight excluding hydrogens is 284 g/mol. The Bertz CT molecular complexity index is 543. The van der Waals surface area contributed by atoms with E-state index >= 15 is 0 Å². The molecule has 2 unspecified atom stereocenters. The van der Waals surface area contributed by atoms with Crippen LogP contribution in [0.3, 0.4) is 0 Å². The summed E-state index contributed by atoms with van der Waals surface area (Å²) in [6, 6.07) is 5.06. The molecule has 2 heterocycles. The summed E-state index contributed by atoms with van der Waals surface area (Å²) in [6.07, 6.45) is 1.57. The Morgan fingerprint density at radius 3 is 2.77 bits per heavy atom. The van der Waals surface area contributed by atoms with E-state index in [2.05, 4.69) is 10.2 Å². The lowest BCUT2D eigenvalue weighted by Gasteiger charge is -2.28. The third kappa shape index (κ3) is 3.34. The molecular formula is C16H22N2O4. The van der Waals surface area contributed by atoms with Crippen LogP contribution < -0.4 is 14.8 Å². The molecule has 0 bridgehead atoms. The lowest BCUT2D eigenvalue weighted by molar-refractivity contribution is -0.120. The first-order valence-electron chi connectivity index (χ1n) is 7.70. The zero-order valence-electron chi connectivity index (χ0n) is 12.7. The molecule has 3 rings (SSSR count). The highest BCUT2D eigenvalue weighted by Crippen LogP contribution is 2.35. The fourth-order valence-corrected chi connectivity index (χ4v) is 3.06. The normalized spacial score (nSPS) is 19.9. The Morgan fingerprint density at radius 2 is 2.05 bits per heavy atom. The monoisotopic (exact) mass is 306 g/mol. The van der Waals surface area contributed by atoms with Gasteiger partial charge in [-0.15, -0.1) is 0 Å². The van der Waals surface area contributed by atoms with Gasteiger partial charge in [0.1, 0.15) is 6.10 Å². The lowest BCUT2D eigenvalue weighted by Crippen LogP contribution is -2.45. The van der Waals surface area contributed by atoms with Crippen molar-refractivity contribution < 1.29 is 19.4 Å². The molecule has 6 nitrogen and oxygen atoms in total. The molecule has 2 atom stereocenters. The van der Waals surface area contributed by atoms with Crippen molar-refractivity contribution in [3.05, 3.63) is 23.8 Å². The van der Waals surface area contributed by atoms with Crippen molar-refractivity contribution in [3.63, 3.8) is 0 Å². The predicted octanol–water partition coefficient (Wildman–Crippen LogP) is 1.05. The number of hydrogen-bond acceptors (Lipinski definition) is 5. The Labute approximate surface area is 130 Å². The average molecular weight is 306 g/mol. The number of aliphatic hydroxyl groups excluding tert-OH is 1. The molecule has 2 aliphatic rings. The molecule has 0 radical (unpaired) electrons. The van der Waals surface area contributed by atoms with Crippen LogP contribution in [0.4, 0.5) is 0 Å². The van der Waals surface area contributed by atoms with Crippen molar-refractivity contribution in [2.24, 2.45) is 0 Å². The molecule has 0 aliphatic carbocycles. The summed E-state index contributed by atoms with van der Waals surface area (Å²) in [5.74, 6) is 1.19. The van der Waals surface area contributed by atoms with Gasteiger partial charge in [-0.1, -0.05) is 6.07 Å². The second-order valence-corrected chi connectivity index (χ2v) is 5.87. The van der Waals surface area contributed by atoms with E-state index in [-0.39, 0.29) is 18.7 Å². The molecule has 2 N–H and O–H groups in total. The molecule has 1 fully saturated rings. The van der Waals surface area contributed by atoms with Crippen LogP contribution in [0.25, 0.3) is 0 Å². The SMILES string of the molecule is CC(=O)NC(CN1CCCC1)C(O)c1ccc2c(c1)OCO2. The molecule has 22 heavy (non-hydrogen) atoms. The number of amides is 1. The van der Waals surface area contributed by atoms with Crippen LogP contribution in [0.2, 0.25) is 0 Å². The van der Waals surface area contributed by atoms with Crippen molar-refractivity contribution >= 4 is 5.91 Å². The maximum atomic E-state index is 11.5. The average Bonchev–Trinajstić information content (AvgIpc) is 3.15. The summed E-state index contributed by atoms with van der Waals surface area (Å²) in [6.45, 7) is 4.37. The first-order chi connectivity index (χ1) is 10.6. The number of nitrogens with one attached hydrogen (secondary N) is 1. The molecule has 0 aromatic heterocycles. The fourth-order valence-electron chi connectivity index (χ4n) is 3.06. The number of likely N-dealkylation sites (tertiary alicyclic amines) is 1. The van der Waals surface area contributed by atoms with Gasteiger partial charge in [0.2, 0.25) is 12.7 Å². The van der Waals surface area contributed by atoms with Crippen molar-refractivity contribution in [1.82, 2.24) is 10.2 Å². The van der Waals surface area contributed by atoms with E-state index in [1.807, 2.05) is 6.07 Å². The summed E-state index contributed by atoms with van der Waals surface area (Å²) in [5.41, 5.74) is 0.724. The Hall–Kier alpha value is -1.79. The zero-order chi connectivity index (χ0) is 15.5. The van der Waals surface area contributed by atoms with E-state index in [0.717, 1.165) is 18.7 Å². The quantitative estimate of drug-likeness (QED) is 0.851. The summed E-state index contributed by atoms with van der Waals surface area (Å²) in [7, 11) is 0. The van der Waals surface area contributed by atoms with Gasteiger partial charge < -0.3 is 24.8 Å². The minimum atomic E-state index is -0.779. The maximum absolute atomic E-state index is 11.5. The van der Waals surface area contributed by atoms with Crippen molar-refractivity contribution in [1.29, 1.82) is 0 Å². The van der Waals surface area contributed by atoms with E-state index in [9.17, 15) is 9.90 Å². The van der Waals surface area contributed by atoms with Crippen molar-refractivity contribution in [2.45, 2.75) is 31.9 Å². The van der Waals surface area contributed by atoms with Gasteiger partial charge in [-0.2, -0.15) is 0 Å². The highest BCUT2D eigenvalue weighted by molar-refractivity contribution is 5.73. The Morgan fingerprint density at radius 1 is 1.32 bits per heavy atom. The van der Waals surface area contributed by atoms with Crippen LogP contribution in [0.15, 0.2) is 18.2 Å². The largest absolute Gasteiger partial charge is 0.454 e. The third-order valence-corrected chi connectivity index (χ3v) is 4.16. The van der Waals surface area contributed by atoms with Gasteiger partial charge in [0.05, 0.1) is 6.04 Å². The zero-order valence-corrected chi connectivity index (χ0v) is 12.7. The number of aliphatic hydroxyl groups is 1. The molecule has 6 heteroatoms. The standard InChI is InChI=1S/C16H22N2O4/c1-11(19)17-13(9-18-6-2-3-7-18)16(20)12-4-5-14-15(8-12)22-10-21-14/h4-5,8,13,16,20H,2-3,6-7,9-10H2,1H3,(H,17,19). The minimum Gasteiger partial charge on any atom is -0.454 e. The molecule has 0 saturated carbocycles. The van der Waals surface area contributed by atoms with E-state index < -0.39 is 6.10 Å². The molecule has 1 aromatic carbocycles. The first kappa shape index (κ1) is 15.1. The number of ether oxygens (including phenoxy) is 2. The number of hydrogen-bond donors (Lipinski definition) is 2. The van der Waals surface area contributed by atoms with Crippen molar-refractivity contribution in [2.75, 3.05) is 26.4 Å². The van der Waals surface area contributed by atoms with Crippen LogP contribution in [0, 0.1) is 0 Å². The Balaban J connectivity index is 1.75. The van der Waals surface area contributed by atoms with Crippen molar-refractivity contribution in [3.8, 4) is 11.5 Å². The van der Waals surface area contributed by atoms with Crippen LogP contribution in [0.5, 0.6) is 11.5 Å². The van der Waals surface area contributed by atoms with Gasteiger partial charge in [0.25, 0.3) is 0 Å². The number of carbonyl (C=O) groups is 1. The summed E-state index contributed by atoms with van der Waals surface area (Å²) < 4.78 is 10.6. The van der Waals surface area contributed by atoms with E-state index in [0.29, 0.717) is 18.0 Å². The van der Waals surface area contributed by atoms with Gasteiger partial charge >= 0.3 is 0 Å². The smallest absolute Gasteiger partial charge is 0.231 e. The highest BCUT2D eigenvalue weighted by atomic mass is 16.7. The van der Waals surface area contributed by atoms with Gasteiger partial charge in [0.15, 0.2) is 11.5 Å².